The van der Waals surface area contributed by atoms with E-state index in [1.807, 2.05) is 26.8 Å². The van der Waals surface area contributed by atoms with Crippen molar-refractivity contribution in [1.82, 2.24) is 4.90 Å². The van der Waals surface area contributed by atoms with E-state index in [-0.39, 0.29) is 50.4 Å². The maximum Gasteiger partial charge on any atom is 0.309 e. The quantitative estimate of drug-likeness (QED) is 0.0978. The first-order chi connectivity index (χ1) is 34.8. The lowest BCUT2D eigenvalue weighted by Gasteiger charge is -2.50. The van der Waals surface area contributed by atoms with E-state index in [4.69, 9.17) is 52.1 Å². The summed E-state index contributed by atoms with van der Waals surface area (Å²) in [5.74, 6) is -4.78. The summed E-state index contributed by atoms with van der Waals surface area (Å²) in [7, 11) is 6.42. The molecule has 4 aliphatic heterocycles. The van der Waals surface area contributed by atoms with Crippen LogP contribution in [0.2, 0.25) is 0 Å². The molecule has 20 heteroatoms. The molecule has 21 unspecified atom stereocenters. The Morgan fingerprint density at radius 2 is 1.53 bits per heavy atom. The Hall–Kier alpha value is -3.25. The van der Waals surface area contributed by atoms with Gasteiger partial charge in [0, 0.05) is 57.7 Å². The zero-order chi connectivity index (χ0) is 55.4. The fourth-order valence-corrected chi connectivity index (χ4v) is 10.6. The molecule has 0 aromatic heterocycles. The van der Waals surface area contributed by atoms with Crippen LogP contribution in [0.15, 0.2) is 23.8 Å². The highest BCUT2D eigenvalue weighted by Gasteiger charge is 2.53. The highest BCUT2D eigenvalue weighted by molar-refractivity contribution is 5.91. The largest absolute Gasteiger partial charge is 0.462 e. The normalized spacial score (nSPS) is 40.1. The molecule has 3 N–H and O–H groups in total. The molecule has 0 aromatic rings. The number of hydrogen-bond acceptors (Lipinski definition) is 20. The molecule has 0 saturated carbocycles. The summed E-state index contributed by atoms with van der Waals surface area (Å²) in [6.07, 6.45) is -8.67. The van der Waals surface area contributed by atoms with Gasteiger partial charge in [0.2, 0.25) is 0 Å². The van der Waals surface area contributed by atoms with Gasteiger partial charge in [0.1, 0.15) is 54.6 Å². The number of carbonyl (C=O) groups is 5. The minimum absolute atomic E-state index is 0.0253. The number of nitrogens with zero attached hydrogens (tertiary/aromatic N) is 1. The van der Waals surface area contributed by atoms with E-state index in [2.05, 4.69) is 0 Å². The fourth-order valence-electron chi connectivity index (χ4n) is 10.6. The van der Waals surface area contributed by atoms with Crippen molar-refractivity contribution in [3.8, 4) is 0 Å². The molecule has 0 bridgehead atoms. The number of ether oxygens (including phenoxy) is 11. The summed E-state index contributed by atoms with van der Waals surface area (Å²) in [6, 6.07) is -0.810. The van der Waals surface area contributed by atoms with Gasteiger partial charge in [-0.1, -0.05) is 59.3 Å². The Bertz CT molecular complexity index is 1870. The summed E-state index contributed by atoms with van der Waals surface area (Å²) in [4.78, 5) is 68.4. The first kappa shape index (κ1) is 63.3. The molecule has 0 aliphatic carbocycles. The van der Waals surface area contributed by atoms with Crippen molar-refractivity contribution >= 4 is 30.0 Å². The Labute approximate surface area is 438 Å². The van der Waals surface area contributed by atoms with Crippen LogP contribution in [0.5, 0.6) is 0 Å². The molecule has 3 saturated heterocycles. The third-order valence-corrected chi connectivity index (χ3v) is 14.7. The molecule has 4 aliphatic rings. The lowest BCUT2D eigenvalue weighted by atomic mass is 9.79. The fraction of sp³-hybridized carbons (Fsp3) is 0.833. The van der Waals surface area contributed by atoms with E-state index in [9.17, 15) is 39.3 Å². The van der Waals surface area contributed by atoms with E-state index in [1.165, 1.54) is 20.3 Å². The molecule has 0 aromatic carbocycles. The summed E-state index contributed by atoms with van der Waals surface area (Å²) >= 11 is 0. The van der Waals surface area contributed by atoms with Gasteiger partial charge in [-0.2, -0.15) is 0 Å². The molecule has 0 radical (unpaired) electrons. The van der Waals surface area contributed by atoms with Gasteiger partial charge in [0.05, 0.1) is 43.5 Å². The number of aliphatic hydroxyl groups excluding tert-OH is 2. The number of rotatable bonds is 18. The van der Waals surface area contributed by atoms with Crippen LogP contribution in [-0.2, 0) is 76.1 Å². The summed E-state index contributed by atoms with van der Waals surface area (Å²) in [6.45, 7) is 19.2. The Balaban J connectivity index is 1.68. The molecular weight excluding hydrogens is 967 g/mol. The second-order valence-electron chi connectivity index (χ2n) is 21.6. The Morgan fingerprint density at radius 1 is 0.865 bits per heavy atom. The zero-order valence-corrected chi connectivity index (χ0v) is 46.4. The predicted molar refractivity (Wildman–Crippen MR) is 268 cm³/mol. The van der Waals surface area contributed by atoms with Crippen LogP contribution in [-0.4, -0.2) is 189 Å². The number of methoxy groups -OCH3 is 2. The van der Waals surface area contributed by atoms with Crippen molar-refractivity contribution in [2.24, 2.45) is 29.6 Å². The number of aliphatic hydroxyl groups is 3. The maximum atomic E-state index is 14.3. The molecular formula is C54H89NO19. The van der Waals surface area contributed by atoms with E-state index >= 15 is 0 Å². The summed E-state index contributed by atoms with van der Waals surface area (Å²) < 4.78 is 67.6. The average molecular weight is 1060 g/mol. The van der Waals surface area contributed by atoms with E-state index < -0.39 is 152 Å². The number of cyclic esters (lactones) is 1. The molecule has 4 rings (SSSR count). The summed E-state index contributed by atoms with van der Waals surface area (Å²) in [5.41, 5.74) is -0.864. The number of aldehydes is 1. The standard InChI is InChI=1S/C54H89NO19/c1-16-38-36(27-66-53-50(65-15)49(64-14)45(61)32(8)68-53)23-29(5)18-19-37(57)30(6)24-35(20-21-56)47(31(7)39(25-42(60)70-38)71-40(58)17-2)74-52-46(62)44(55(12)13)48(33(9)69-52)73-43-26-54(11,63)51(34(10)67-43)72-41(59)22-28(3)4/h18-19,21,23,28,30-36,38-39,43-53,61-63H,16-17,20,22,24-27H2,1-15H3. The van der Waals surface area contributed by atoms with Gasteiger partial charge in [0.25, 0.3) is 0 Å². The van der Waals surface area contributed by atoms with Crippen molar-refractivity contribution in [2.75, 3.05) is 34.9 Å². The third kappa shape index (κ3) is 16.9. The van der Waals surface area contributed by atoms with Crippen LogP contribution < -0.4 is 0 Å². The molecule has 20 nitrogen and oxygen atoms in total. The third-order valence-electron chi connectivity index (χ3n) is 14.7. The summed E-state index contributed by atoms with van der Waals surface area (Å²) in [5, 5.41) is 34.6. The minimum atomic E-state index is -1.53. The molecule has 74 heavy (non-hydrogen) atoms. The van der Waals surface area contributed by atoms with Crippen LogP contribution in [0, 0.1) is 29.6 Å². The molecule has 21 atom stereocenters. The minimum Gasteiger partial charge on any atom is -0.462 e. The van der Waals surface area contributed by atoms with Gasteiger partial charge < -0.3 is 77.1 Å². The second kappa shape index (κ2) is 28.9. The molecule has 0 amide bonds. The van der Waals surface area contributed by atoms with Crippen molar-refractivity contribution in [1.29, 1.82) is 0 Å². The maximum absolute atomic E-state index is 14.3. The number of allylic oxidation sites excluding steroid dienone is 3. The van der Waals surface area contributed by atoms with E-state index in [0.717, 1.165) is 6.29 Å². The highest BCUT2D eigenvalue weighted by Crippen LogP contribution is 2.39. The monoisotopic (exact) mass is 1060 g/mol. The Morgan fingerprint density at radius 3 is 2.11 bits per heavy atom. The van der Waals surface area contributed by atoms with Crippen molar-refractivity contribution in [2.45, 2.75) is 225 Å². The molecule has 424 valence electrons. The van der Waals surface area contributed by atoms with Crippen LogP contribution >= 0.6 is 0 Å². The lowest BCUT2D eigenvalue weighted by Crippen LogP contribution is -2.65. The van der Waals surface area contributed by atoms with Gasteiger partial charge >= 0.3 is 17.9 Å². The topological polar surface area (TPSA) is 251 Å². The first-order valence-electron chi connectivity index (χ1n) is 26.4. The van der Waals surface area contributed by atoms with E-state index in [1.54, 1.807) is 80.5 Å². The van der Waals surface area contributed by atoms with Gasteiger partial charge in [-0.25, -0.2) is 0 Å². The van der Waals surface area contributed by atoms with Crippen LogP contribution in [0.1, 0.15) is 121 Å². The number of hydrogen-bond donors (Lipinski definition) is 3. The smallest absolute Gasteiger partial charge is 0.309 e. The number of ketones is 1. The average Bonchev–Trinajstić information content (AvgIpc) is 3.32. The Kier molecular flexibility index (Phi) is 24.7. The van der Waals surface area contributed by atoms with Crippen molar-refractivity contribution < 1.29 is 91.4 Å². The van der Waals surface area contributed by atoms with Gasteiger partial charge in [-0.15, -0.1) is 0 Å². The molecule has 3 fully saturated rings. The molecule has 4 heterocycles. The molecule has 0 spiro atoms. The van der Waals surface area contributed by atoms with Gasteiger partial charge in [0.15, 0.2) is 30.8 Å². The van der Waals surface area contributed by atoms with Crippen LogP contribution in [0.4, 0.5) is 0 Å². The zero-order valence-electron chi connectivity index (χ0n) is 46.4. The van der Waals surface area contributed by atoms with Crippen LogP contribution in [0.3, 0.4) is 0 Å². The van der Waals surface area contributed by atoms with E-state index in [0.29, 0.717) is 12.0 Å². The highest BCUT2D eigenvalue weighted by atomic mass is 16.7. The number of esters is 3. The van der Waals surface area contributed by atoms with Crippen molar-refractivity contribution in [3.63, 3.8) is 0 Å². The predicted octanol–water partition coefficient (Wildman–Crippen LogP) is 4.39. The number of likely N-dealkylation sites (N-methyl/N-ethyl adjacent to an activating group) is 1. The van der Waals surface area contributed by atoms with Gasteiger partial charge in [-0.05, 0) is 79.5 Å². The second-order valence-corrected chi connectivity index (χ2v) is 21.6. The lowest BCUT2D eigenvalue weighted by molar-refractivity contribution is -0.342. The van der Waals surface area contributed by atoms with Crippen molar-refractivity contribution in [3.05, 3.63) is 23.8 Å². The number of carbonyl (C=O) groups excluding carboxylic acids is 5. The van der Waals surface area contributed by atoms with Crippen LogP contribution in [0.25, 0.3) is 0 Å². The first-order valence-corrected chi connectivity index (χ1v) is 26.4. The SMILES string of the molecule is CCC(=O)OC1CC(=O)OC(CC)C(COC2OC(C)C(O)C(OC)C2OC)C=C(C)C=CC(=O)C(C)CC(CC=O)C(OC2OC(C)C(OC3CC(C)(O)C(OC(=O)CC(C)C)C(C)O3)C(N(C)C)C2O)C1C. The van der Waals surface area contributed by atoms with Gasteiger partial charge in [-0.3, -0.25) is 19.2 Å².